The third-order valence-electron chi connectivity index (χ3n) is 1.70. The molecular formula is C9H8F4O. The predicted octanol–water partition coefficient (Wildman–Crippen LogP) is 2.17. The molecule has 78 valence electrons. The van der Waals surface area contributed by atoms with E-state index in [-0.39, 0.29) is 6.07 Å². The quantitative estimate of drug-likeness (QED) is 0.583. The van der Waals surface area contributed by atoms with E-state index in [0.717, 1.165) is 0 Å². The van der Waals surface area contributed by atoms with E-state index >= 15 is 0 Å². The number of aliphatic hydroxyl groups is 1. The number of hydrogen-bond donors (Lipinski definition) is 1. The molecule has 14 heavy (non-hydrogen) atoms. The lowest BCUT2D eigenvalue weighted by Crippen LogP contribution is -2.11. The van der Waals surface area contributed by atoms with Crippen molar-refractivity contribution in [2.24, 2.45) is 0 Å². The van der Waals surface area contributed by atoms with Gasteiger partial charge >= 0.3 is 0 Å². The average molecular weight is 208 g/mol. The van der Waals surface area contributed by atoms with E-state index in [2.05, 4.69) is 0 Å². The summed E-state index contributed by atoms with van der Waals surface area (Å²) in [5.41, 5.74) is -0.766. The van der Waals surface area contributed by atoms with Crippen LogP contribution in [-0.4, -0.2) is 11.2 Å². The molecule has 0 spiro atoms. The lowest BCUT2D eigenvalue weighted by molar-refractivity contribution is 0.191. The Bertz CT molecular complexity index is 323. The van der Waals surface area contributed by atoms with E-state index in [9.17, 15) is 17.6 Å². The molecule has 0 aliphatic rings. The fourth-order valence-corrected chi connectivity index (χ4v) is 1.10. The molecule has 5 heteroatoms. The molecule has 1 nitrogen and oxygen atoms in total. The van der Waals surface area contributed by atoms with Gasteiger partial charge in [0.15, 0.2) is 23.3 Å². The zero-order chi connectivity index (χ0) is 10.9. The normalized spacial score (nSPS) is 13.0. The summed E-state index contributed by atoms with van der Waals surface area (Å²) in [6.45, 7) is 1.27. The van der Waals surface area contributed by atoms with Gasteiger partial charge in [-0.25, -0.2) is 17.6 Å². The SMILES string of the molecule is CC(O)Cc1c(F)c(F)cc(F)c1F. The zero-order valence-corrected chi connectivity index (χ0v) is 7.32. The highest BCUT2D eigenvalue weighted by atomic mass is 19.2. The van der Waals surface area contributed by atoms with E-state index in [4.69, 9.17) is 5.11 Å². The maximum absolute atomic E-state index is 12.9. The van der Waals surface area contributed by atoms with Crippen LogP contribution in [0.5, 0.6) is 0 Å². The van der Waals surface area contributed by atoms with E-state index in [1.807, 2.05) is 0 Å². The number of aliphatic hydroxyl groups excluding tert-OH is 1. The van der Waals surface area contributed by atoms with Crippen molar-refractivity contribution in [2.45, 2.75) is 19.4 Å². The van der Waals surface area contributed by atoms with Gasteiger partial charge in [-0.15, -0.1) is 0 Å². The summed E-state index contributed by atoms with van der Waals surface area (Å²) < 4.78 is 51.0. The Balaban J connectivity index is 3.25. The van der Waals surface area contributed by atoms with Gasteiger partial charge in [-0.05, 0) is 6.92 Å². The molecule has 0 heterocycles. The van der Waals surface area contributed by atoms with Gasteiger partial charge in [0, 0.05) is 18.1 Å². The first-order chi connectivity index (χ1) is 6.43. The van der Waals surface area contributed by atoms with Crippen molar-refractivity contribution in [3.63, 3.8) is 0 Å². The van der Waals surface area contributed by atoms with Crippen LogP contribution >= 0.6 is 0 Å². The molecule has 0 aromatic heterocycles. The minimum absolute atomic E-state index is 0.135. The minimum Gasteiger partial charge on any atom is -0.393 e. The van der Waals surface area contributed by atoms with E-state index in [1.54, 1.807) is 0 Å². The van der Waals surface area contributed by atoms with Crippen molar-refractivity contribution < 1.29 is 22.7 Å². The lowest BCUT2D eigenvalue weighted by atomic mass is 10.1. The van der Waals surface area contributed by atoms with Gasteiger partial charge in [0.2, 0.25) is 0 Å². The van der Waals surface area contributed by atoms with Gasteiger partial charge in [-0.1, -0.05) is 0 Å². The highest BCUT2D eigenvalue weighted by molar-refractivity contribution is 5.23. The van der Waals surface area contributed by atoms with Gasteiger partial charge in [0.1, 0.15) is 0 Å². The van der Waals surface area contributed by atoms with E-state index in [1.165, 1.54) is 6.92 Å². The molecule has 1 aromatic rings. The second kappa shape index (κ2) is 3.96. The van der Waals surface area contributed by atoms with E-state index < -0.39 is 41.4 Å². The van der Waals surface area contributed by atoms with Crippen molar-refractivity contribution in [1.82, 2.24) is 0 Å². The Morgan fingerprint density at radius 2 is 1.57 bits per heavy atom. The molecule has 0 saturated heterocycles. The third kappa shape index (κ3) is 2.04. The van der Waals surface area contributed by atoms with Crippen LogP contribution in [-0.2, 0) is 6.42 Å². The van der Waals surface area contributed by atoms with Crippen LogP contribution in [0.25, 0.3) is 0 Å². The Hall–Kier alpha value is -1.10. The van der Waals surface area contributed by atoms with Crippen molar-refractivity contribution >= 4 is 0 Å². The van der Waals surface area contributed by atoms with Gasteiger partial charge < -0.3 is 5.11 Å². The molecule has 1 N–H and O–H groups in total. The molecule has 0 aliphatic heterocycles. The standard InChI is InChI=1S/C9H8F4O/c1-4(14)2-5-8(12)6(10)3-7(11)9(5)13/h3-4,14H,2H2,1H3. The van der Waals surface area contributed by atoms with E-state index in [0.29, 0.717) is 0 Å². The number of rotatable bonds is 2. The molecule has 0 bridgehead atoms. The maximum atomic E-state index is 12.9. The van der Waals surface area contributed by atoms with Gasteiger partial charge in [-0.2, -0.15) is 0 Å². The van der Waals surface area contributed by atoms with Crippen LogP contribution in [0.3, 0.4) is 0 Å². The highest BCUT2D eigenvalue weighted by Gasteiger charge is 2.19. The van der Waals surface area contributed by atoms with Gasteiger partial charge in [-0.3, -0.25) is 0 Å². The third-order valence-corrected chi connectivity index (χ3v) is 1.70. The Morgan fingerprint density at radius 1 is 1.14 bits per heavy atom. The van der Waals surface area contributed by atoms with Crippen LogP contribution < -0.4 is 0 Å². The lowest BCUT2D eigenvalue weighted by Gasteiger charge is -2.08. The topological polar surface area (TPSA) is 20.2 Å². The Labute approximate surface area is 78.0 Å². The Kier molecular flexibility index (Phi) is 3.10. The summed E-state index contributed by atoms with van der Waals surface area (Å²) in [6, 6.07) is 0.135. The molecule has 1 atom stereocenters. The summed E-state index contributed by atoms with van der Waals surface area (Å²) in [5, 5.41) is 8.86. The van der Waals surface area contributed by atoms with Crippen LogP contribution in [0.4, 0.5) is 17.6 Å². The molecular weight excluding hydrogens is 200 g/mol. The average Bonchev–Trinajstić information content (AvgIpc) is 2.09. The summed E-state index contributed by atoms with van der Waals surface area (Å²) >= 11 is 0. The minimum atomic E-state index is -1.46. The first-order valence-electron chi connectivity index (χ1n) is 3.93. The van der Waals surface area contributed by atoms with Crippen LogP contribution in [0.2, 0.25) is 0 Å². The smallest absolute Gasteiger partial charge is 0.165 e. The first kappa shape index (κ1) is 11.0. The largest absolute Gasteiger partial charge is 0.393 e. The summed E-state index contributed by atoms with van der Waals surface area (Å²) in [6.07, 6.45) is -1.54. The summed E-state index contributed by atoms with van der Waals surface area (Å²) in [5.74, 6) is -5.83. The summed E-state index contributed by atoms with van der Waals surface area (Å²) in [7, 11) is 0. The Morgan fingerprint density at radius 3 is 1.93 bits per heavy atom. The predicted molar refractivity (Wildman–Crippen MR) is 41.7 cm³/mol. The zero-order valence-electron chi connectivity index (χ0n) is 7.32. The second-order valence-electron chi connectivity index (χ2n) is 3.00. The molecule has 0 fully saturated rings. The maximum Gasteiger partial charge on any atom is 0.165 e. The molecule has 1 unspecified atom stereocenters. The number of benzene rings is 1. The van der Waals surface area contributed by atoms with Crippen molar-refractivity contribution in [2.75, 3.05) is 0 Å². The van der Waals surface area contributed by atoms with Crippen molar-refractivity contribution in [3.8, 4) is 0 Å². The van der Waals surface area contributed by atoms with Crippen molar-refractivity contribution in [3.05, 3.63) is 34.9 Å². The van der Waals surface area contributed by atoms with Gasteiger partial charge in [0.25, 0.3) is 0 Å². The number of halogens is 4. The molecule has 1 rings (SSSR count). The molecule has 0 aliphatic carbocycles. The molecule has 0 radical (unpaired) electrons. The summed E-state index contributed by atoms with van der Waals surface area (Å²) in [4.78, 5) is 0. The van der Waals surface area contributed by atoms with Crippen LogP contribution in [0, 0.1) is 23.3 Å². The van der Waals surface area contributed by atoms with Gasteiger partial charge in [0.05, 0.1) is 6.10 Å². The highest BCUT2D eigenvalue weighted by Crippen LogP contribution is 2.20. The fraction of sp³-hybridized carbons (Fsp3) is 0.333. The fourth-order valence-electron chi connectivity index (χ4n) is 1.10. The molecule has 0 saturated carbocycles. The molecule has 1 aromatic carbocycles. The van der Waals surface area contributed by atoms with Crippen molar-refractivity contribution in [1.29, 1.82) is 0 Å². The van der Waals surface area contributed by atoms with Crippen LogP contribution in [0.1, 0.15) is 12.5 Å². The monoisotopic (exact) mass is 208 g/mol. The second-order valence-corrected chi connectivity index (χ2v) is 3.00. The number of hydrogen-bond acceptors (Lipinski definition) is 1. The first-order valence-corrected chi connectivity index (χ1v) is 3.93. The molecule has 0 amide bonds. The van der Waals surface area contributed by atoms with Crippen LogP contribution in [0.15, 0.2) is 6.07 Å².